The van der Waals surface area contributed by atoms with Crippen molar-refractivity contribution in [2.24, 2.45) is 0 Å². The van der Waals surface area contributed by atoms with Crippen LogP contribution in [0.4, 0.5) is 33.5 Å². The SMILES string of the molecule is CN1CCC12CCN(C(=O)c1nn3c(c1Cl)CN(c1nc(OC[C@@]45CCCN4C[C@H](F)C5)nc4c1CO[C@H](c1c(C(F)(F)F)ccc(N)c1F)C4)CCC3)C2. The molecule has 6 aliphatic rings. The van der Waals surface area contributed by atoms with E-state index < -0.39 is 46.6 Å². The van der Waals surface area contributed by atoms with E-state index in [-0.39, 0.29) is 54.4 Å². The standard InChI is InChI=1S/C37H43ClF5N9O3/c1-48-12-7-35(48)8-13-50(19-35)33(53)31-29(38)26-17-49(9-3-11-52(26)47-31)32-22-18-54-27(28-23(37(41,42)43)4-5-24(44)30(28)40)14-25(22)45-34(46-32)55-20-36-6-2-10-51(36)16-21(39)15-36/h4-5,21,27H,2-3,6-20,44H2,1H3/t21-,27+,35?,36+/m1/s1. The van der Waals surface area contributed by atoms with Gasteiger partial charge in [-0.3, -0.25) is 19.3 Å². The fraction of sp³-hybridized carbons (Fsp3) is 0.622. The molecule has 9 rings (SSSR count). The minimum absolute atomic E-state index is 0.0109. The van der Waals surface area contributed by atoms with Gasteiger partial charge in [0.1, 0.15) is 18.6 Å². The van der Waals surface area contributed by atoms with Crippen molar-refractivity contribution < 1.29 is 36.2 Å². The Morgan fingerprint density at radius 3 is 2.67 bits per heavy atom. The number of carbonyl (C=O) groups excluding carboxylic acids is 1. The number of amides is 1. The van der Waals surface area contributed by atoms with Crippen molar-refractivity contribution in [2.45, 2.75) is 94.2 Å². The number of carbonyl (C=O) groups is 1. The quantitative estimate of drug-likeness (QED) is 0.265. The molecule has 1 spiro atoms. The molecule has 0 bridgehead atoms. The number of nitrogen functional groups attached to an aromatic ring is 1. The highest BCUT2D eigenvalue weighted by Crippen LogP contribution is 2.45. The van der Waals surface area contributed by atoms with E-state index >= 15 is 4.39 Å². The van der Waals surface area contributed by atoms with Crippen molar-refractivity contribution >= 4 is 29.0 Å². The van der Waals surface area contributed by atoms with Gasteiger partial charge < -0.3 is 25.0 Å². The number of aromatic nitrogens is 4. The molecule has 0 saturated carbocycles. The van der Waals surface area contributed by atoms with Gasteiger partial charge in [-0.2, -0.15) is 28.2 Å². The van der Waals surface area contributed by atoms with E-state index in [1.165, 1.54) is 0 Å². The highest BCUT2D eigenvalue weighted by Gasteiger charge is 2.51. The summed E-state index contributed by atoms with van der Waals surface area (Å²) in [6, 6.07) is 1.63. The molecule has 2 aromatic heterocycles. The summed E-state index contributed by atoms with van der Waals surface area (Å²) < 4.78 is 86.7. The van der Waals surface area contributed by atoms with Gasteiger partial charge >= 0.3 is 12.2 Å². The van der Waals surface area contributed by atoms with Crippen LogP contribution >= 0.6 is 11.6 Å². The van der Waals surface area contributed by atoms with Gasteiger partial charge in [0.05, 0.1) is 52.5 Å². The summed E-state index contributed by atoms with van der Waals surface area (Å²) in [5.41, 5.74) is 4.64. The molecule has 6 aliphatic heterocycles. The van der Waals surface area contributed by atoms with Crippen molar-refractivity contribution in [3.63, 3.8) is 0 Å². The molecular weight excluding hydrogens is 749 g/mol. The number of anilines is 2. The number of hydrogen-bond donors (Lipinski definition) is 1. The summed E-state index contributed by atoms with van der Waals surface area (Å²) >= 11 is 6.99. The van der Waals surface area contributed by atoms with Gasteiger partial charge in [0.15, 0.2) is 11.5 Å². The maximum atomic E-state index is 15.5. The molecule has 1 aromatic carbocycles. The van der Waals surface area contributed by atoms with E-state index in [9.17, 15) is 22.4 Å². The van der Waals surface area contributed by atoms with Gasteiger partial charge in [0, 0.05) is 68.8 Å². The number of nitrogens with zero attached hydrogens (tertiary/aromatic N) is 8. The number of halogens is 6. The van der Waals surface area contributed by atoms with Crippen LogP contribution in [0.25, 0.3) is 0 Å². The Hall–Kier alpha value is -3.80. The highest BCUT2D eigenvalue weighted by molar-refractivity contribution is 6.34. The van der Waals surface area contributed by atoms with Gasteiger partial charge in [0.25, 0.3) is 5.91 Å². The number of aryl methyl sites for hydroxylation is 1. The normalized spacial score (nSPS) is 28.3. The Morgan fingerprint density at radius 1 is 1.11 bits per heavy atom. The molecule has 2 N–H and O–H groups in total. The molecule has 4 atom stereocenters. The lowest BCUT2D eigenvalue weighted by atomic mass is 9.85. The molecule has 18 heteroatoms. The first-order valence-corrected chi connectivity index (χ1v) is 19.3. The molecule has 0 aliphatic carbocycles. The van der Waals surface area contributed by atoms with Crippen LogP contribution in [-0.2, 0) is 37.0 Å². The number of likely N-dealkylation sites (N-methyl/N-ethyl adjacent to an activating group) is 1. The Balaban J connectivity index is 1.05. The Labute approximate surface area is 319 Å². The van der Waals surface area contributed by atoms with Crippen molar-refractivity contribution in [1.82, 2.24) is 34.4 Å². The van der Waals surface area contributed by atoms with Crippen molar-refractivity contribution in [2.75, 3.05) is 63.6 Å². The molecule has 3 aromatic rings. The fourth-order valence-electron chi connectivity index (χ4n) is 9.71. The topological polar surface area (TPSA) is 118 Å². The van der Waals surface area contributed by atoms with E-state index in [1.54, 1.807) is 4.68 Å². The van der Waals surface area contributed by atoms with Gasteiger partial charge in [-0.1, -0.05) is 11.6 Å². The van der Waals surface area contributed by atoms with E-state index in [0.29, 0.717) is 68.3 Å². The second-order valence-corrected chi connectivity index (χ2v) is 16.4. The number of ether oxygens (including phenoxy) is 2. The first-order chi connectivity index (χ1) is 26.2. The summed E-state index contributed by atoms with van der Waals surface area (Å²) in [4.78, 5) is 31.5. The summed E-state index contributed by atoms with van der Waals surface area (Å²) in [5, 5.41) is 4.95. The Morgan fingerprint density at radius 2 is 1.93 bits per heavy atom. The first-order valence-electron chi connectivity index (χ1n) is 18.9. The second kappa shape index (κ2) is 13.4. The van der Waals surface area contributed by atoms with Crippen LogP contribution in [0.5, 0.6) is 6.01 Å². The zero-order valence-electron chi connectivity index (χ0n) is 30.5. The third-order valence-electron chi connectivity index (χ3n) is 12.9. The predicted molar refractivity (Wildman–Crippen MR) is 191 cm³/mol. The van der Waals surface area contributed by atoms with Crippen molar-refractivity contribution in [3.05, 3.63) is 56.7 Å². The zero-order valence-corrected chi connectivity index (χ0v) is 31.2. The molecule has 1 amide bonds. The minimum Gasteiger partial charge on any atom is -0.461 e. The van der Waals surface area contributed by atoms with Gasteiger partial charge in [-0.05, 0) is 57.8 Å². The van der Waals surface area contributed by atoms with Gasteiger partial charge in [0.2, 0.25) is 0 Å². The third-order valence-corrected chi connectivity index (χ3v) is 13.3. The van der Waals surface area contributed by atoms with E-state index in [1.807, 2.05) is 9.80 Å². The zero-order chi connectivity index (χ0) is 38.4. The average Bonchev–Trinajstić information content (AvgIpc) is 3.89. The molecule has 12 nitrogen and oxygen atoms in total. The van der Waals surface area contributed by atoms with Crippen LogP contribution in [0.1, 0.15) is 83.2 Å². The number of nitrogens with two attached hydrogens (primary N) is 1. The lowest BCUT2D eigenvalue weighted by Crippen LogP contribution is -2.59. The molecule has 8 heterocycles. The van der Waals surface area contributed by atoms with E-state index in [2.05, 4.69) is 21.8 Å². The smallest absolute Gasteiger partial charge is 0.416 e. The lowest BCUT2D eigenvalue weighted by molar-refractivity contribution is -0.140. The van der Waals surface area contributed by atoms with Crippen LogP contribution < -0.4 is 15.4 Å². The molecule has 0 radical (unpaired) electrons. The number of hydrogen-bond acceptors (Lipinski definition) is 10. The molecule has 4 saturated heterocycles. The summed E-state index contributed by atoms with van der Waals surface area (Å²) in [6.45, 7) is 4.43. The summed E-state index contributed by atoms with van der Waals surface area (Å²) in [7, 11) is 2.08. The largest absolute Gasteiger partial charge is 0.461 e. The predicted octanol–water partition coefficient (Wildman–Crippen LogP) is 5.17. The van der Waals surface area contributed by atoms with Gasteiger partial charge in [-0.15, -0.1) is 0 Å². The van der Waals surface area contributed by atoms with Gasteiger partial charge in [-0.25, -0.2) is 8.78 Å². The van der Waals surface area contributed by atoms with Crippen LogP contribution in [0.2, 0.25) is 5.02 Å². The van der Waals surface area contributed by atoms with Crippen LogP contribution in [0.3, 0.4) is 0 Å². The van der Waals surface area contributed by atoms with E-state index in [4.69, 9.17) is 36.9 Å². The molecule has 1 unspecified atom stereocenters. The van der Waals surface area contributed by atoms with Crippen LogP contribution in [0, 0.1) is 5.82 Å². The molecule has 55 heavy (non-hydrogen) atoms. The summed E-state index contributed by atoms with van der Waals surface area (Å²) in [5.74, 6) is -0.981. The molecular formula is C37H43ClF5N9O3. The van der Waals surface area contributed by atoms with Crippen LogP contribution in [0.15, 0.2) is 12.1 Å². The second-order valence-electron chi connectivity index (χ2n) is 16.0. The highest BCUT2D eigenvalue weighted by atomic mass is 35.5. The Kier molecular flexibility index (Phi) is 8.97. The lowest BCUT2D eigenvalue weighted by Gasteiger charge is -2.48. The number of fused-ring (bicyclic) bond motifs is 3. The number of alkyl halides is 4. The van der Waals surface area contributed by atoms with Crippen molar-refractivity contribution in [3.8, 4) is 6.01 Å². The van der Waals surface area contributed by atoms with Crippen molar-refractivity contribution in [1.29, 1.82) is 0 Å². The summed E-state index contributed by atoms with van der Waals surface area (Å²) in [6.07, 6.45) is -2.89. The maximum absolute atomic E-state index is 15.5. The van der Waals surface area contributed by atoms with E-state index in [0.717, 1.165) is 50.9 Å². The number of likely N-dealkylation sites (tertiary alicyclic amines) is 2. The molecule has 4 fully saturated rings. The number of benzene rings is 1. The monoisotopic (exact) mass is 791 g/mol. The maximum Gasteiger partial charge on any atom is 0.416 e. The third kappa shape index (κ3) is 6.20. The van der Waals surface area contributed by atoms with Crippen LogP contribution in [-0.4, -0.2) is 111 Å². The first kappa shape index (κ1) is 36.8. The average molecular weight is 792 g/mol. The fourth-order valence-corrected chi connectivity index (χ4v) is 9.98. The molecule has 296 valence electrons. The Bertz CT molecular complexity index is 2030. The minimum atomic E-state index is -4.86. The number of rotatable bonds is 6.